The first-order valence-corrected chi connectivity index (χ1v) is 11.9. The zero-order valence-electron chi connectivity index (χ0n) is 19.1. The van der Waals surface area contributed by atoms with E-state index in [1.165, 1.54) is 49.8 Å². The van der Waals surface area contributed by atoms with Gasteiger partial charge in [0.25, 0.3) is 15.7 Å². The van der Waals surface area contributed by atoms with E-state index < -0.39 is 20.9 Å². The largest absolute Gasteiger partial charge is 0.464 e. The Labute approximate surface area is 206 Å². The molecule has 4 rings (SSSR count). The Hall–Kier alpha value is -4.82. The van der Waals surface area contributed by atoms with Gasteiger partial charge in [0.1, 0.15) is 10.6 Å². The SMILES string of the molecule is COC(=O)c1ccc(C#Cc2cc([N+](=O)[O-])ccc2NS(=O)(=O)c2c(C)ccc3cccnc23)cn1. The molecule has 0 spiro atoms. The number of nitrogens with zero attached hydrogens (tertiary/aromatic N) is 3. The summed E-state index contributed by atoms with van der Waals surface area (Å²) >= 11 is 0. The topological polar surface area (TPSA) is 141 Å². The van der Waals surface area contributed by atoms with Gasteiger partial charge in [-0.25, -0.2) is 18.2 Å². The molecule has 0 aliphatic carbocycles. The van der Waals surface area contributed by atoms with Crippen LogP contribution in [0.5, 0.6) is 0 Å². The number of methoxy groups -OCH3 is 1. The summed E-state index contributed by atoms with van der Waals surface area (Å²) in [4.78, 5) is 30.5. The number of nitro groups is 1. The molecule has 0 unspecified atom stereocenters. The highest BCUT2D eigenvalue weighted by atomic mass is 32.2. The highest BCUT2D eigenvalue weighted by molar-refractivity contribution is 7.93. The van der Waals surface area contributed by atoms with Crippen molar-refractivity contribution < 1.29 is 22.9 Å². The molecule has 0 saturated carbocycles. The van der Waals surface area contributed by atoms with E-state index in [1.807, 2.05) is 0 Å². The number of aryl methyl sites for hydroxylation is 1. The number of pyridine rings is 2. The number of fused-ring (bicyclic) bond motifs is 1. The summed E-state index contributed by atoms with van der Waals surface area (Å²) in [5, 5.41) is 12.0. The number of benzene rings is 2. The lowest BCUT2D eigenvalue weighted by molar-refractivity contribution is -0.384. The van der Waals surface area contributed by atoms with E-state index >= 15 is 0 Å². The van der Waals surface area contributed by atoms with Crippen molar-refractivity contribution in [2.75, 3.05) is 11.8 Å². The van der Waals surface area contributed by atoms with Crippen molar-refractivity contribution in [2.45, 2.75) is 11.8 Å². The normalized spacial score (nSPS) is 10.8. The average Bonchev–Trinajstić information content (AvgIpc) is 2.87. The third-order valence-corrected chi connectivity index (χ3v) is 6.69. The van der Waals surface area contributed by atoms with E-state index in [0.29, 0.717) is 22.0 Å². The number of ether oxygens (including phenoxy) is 1. The third-order valence-electron chi connectivity index (χ3n) is 5.15. The molecule has 1 N–H and O–H groups in total. The molecule has 0 atom stereocenters. The van der Waals surface area contributed by atoms with Gasteiger partial charge in [-0.3, -0.25) is 19.8 Å². The van der Waals surface area contributed by atoms with Gasteiger partial charge in [-0.2, -0.15) is 0 Å². The number of carbonyl (C=O) groups is 1. The third kappa shape index (κ3) is 4.98. The highest BCUT2D eigenvalue weighted by Gasteiger charge is 2.23. The lowest BCUT2D eigenvalue weighted by atomic mass is 10.1. The van der Waals surface area contributed by atoms with Crippen LogP contribution in [0, 0.1) is 28.9 Å². The number of nitrogens with one attached hydrogen (secondary N) is 1. The maximum Gasteiger partial charge on any atom is 0.356 e. The van der Waals surface area contributed by atoms with Crippen LogP contribution in [-0.4, -0.2) is 36.4 Å². The van der Waals surface area contributed by atoms with Gasteiger partial charge in [-0.05, 0) is 36.8 Å². The summed E-state index contributed by atoms with van der Waals surface area (Å²) in [5.41, 5.74) is 1.15. The molecule has 0 aliphatic rings. The first kappa shape index (κ1) is 24.3. The predicted octanol–water partition coefficient (Wildman–Crippen LogP) is 3.83. The standard InChI is InChI=1S/C25H18N4O6S/c1-16-5-8-18-4-3-13-26-23(18)24(16)36(33,34)28-21-12-10-20(29(31)32)14-19(21)9-6-17-7-11-22(27-15-17)25(30)35-2/h3-5,7-8,10-15,28H,1-2H3. The van der Waals surface area contributed by atoms with E-state index in [-0.39, 0.29) is 27.5 Å². The lowest BCUT2D eigenvalue weighted by Crippen LogP contribution is -2.16. The predicted molar refractivity (Wildman–Crippen MR) is 132 cm³/mol. The minimum absolute atomic E-state index is 0.000427. The Morgan fingerprint density at radius 1 is 1.08 bits per heavy atom. The second-order valence-corrected chi connectivity index (χ2v) is 9.17. The Morgan fingerprint density at radius 2 is 1.89 bits per heavy atom. The van der Waals surface area contributed by atoms with E-state index in [1.54, 1.807) is 31.2 Å². The van der Waals surface area contributed by atoms with Crippen molar-refractivity contribution in [3.8, 4) is 11.8 Å². The fourth-order valence-electron chi connectivity index (χ4n) is 3.43. The van der Waals surface area contributed by atoms with Crippen molar-refractivity contribution >= 4 is 38.3 Å². The Bertz CT molecular complexity index is 1670. The number of nitro benzene ring substituents is 1. The number of hydrogen-bond donors (Lipinski definition) is 1. The minimum Gasteiger partial charge on any atom is -0.464 e. The molecule has 36 heavy (non-hydrogen) atoms. The van der Waals surface area contributed by atoms with Crippen LogP contribution in [0.3, 0.4) is 0 Å². The minimum atomic E-state index is -4.14. The monoisotopic (exact) mass is 502 g/mol. The summed E-state index contributed by atoms with van der Waals surface area (Å²) < 4.78 is 34.0. The number of esters is 1. The number of aromatic nitrogens is 2. The molecular formula is C25H18N4O6S. The molecule has 2 aromatic heterocycles. The number of carbonyl (C=O) groups excluding carboxylic acids is 1. The molecule has 0 bridgehead atoms. The summed E-state index contributed by atoms with van der Waals surface area (Å²) in [6, 6.07) is 13.5. The first-order chi connectivity index (χ1) is 17.2. The molecule has 2 heterocycles. The van der Waals surface area contributed by atoms with Crippen molar-refractivity contribution in [3.63, 3.8) is 0 Å². The summed E-state index contributed by atoms with van der Waals surface area (Å²) in [7, 11) is -2.91. The number of hydrogen-bond acceptors (Lipinski definition) is 8. The quantitative estimate of drug-likeness (QED) is 0.188. The van der Waals surface area contributed by atoms with Gasteiger partial charge in [-0.15, -0.1) is 0 Å². The molecule has 180 valence electrons. The van der Waals surface area contributed by atoms with Crippen LogP contribution in [0.2, 0.25) is 0 Å². The highest BCUT2D eigenvalue weighted by Crippen LogP contribution is 2.29. The number of non-ortho nitro benzene ring substituents is 1. The van der Waals surface area contributed by atoms with Gasteiger partial charge in [-0.1, -0.05) is 30.0 Å². The van der Waals surface area contributed by atoms with Crippen LogP contribution < -0.4 is 4.72 Å². The molecule has 4 aromatic rings. The average molecular weight is 503 g/mol. The van der Waals surface area contributed by atoms with E-state index in [9.17, 15) is 23.3 Å². The molecule has 0 amide bonds. The van der Waals surface area contributed by atoms with Crippen LogP contribution >= 0.6 is 0 Å². The second kappa shape index (κ2) is 9.81. The molecule has 0 aliphatic heterocycles. The van der Waals surface area contributed by atoms with Crippen molar-refractivity contribution in [1.82, 2.24) is 9.97 Å². The fourth-order valence-corrected chi connectivity index (χ4v) is 4.91. The van der Waals surface area contributed by atoms with Crippen molar-refractivity contribution in [3.05, 3.63) is 99.5 Å². The number of anilines is 1. The number of rotatable bonds is 5. The van der Waals surface area contributed by atoms with Gasteiger partial charge >= 0.3 is 5.97 Å². The van der Waals surface area contributed by atoms with Gasteiger partial charge in [0.15, 0.2) is 0 Å². The van der Waals surface area contributed by atoms with E-state index in [0.717, 1.165) is 0 Å². The van der Waals surface area contributed by atoms with Crippen LogP contribution in [0.1, 0.15) is 27.2 Å². The summed E-state index contributed by atoms with van der Waals surface area (Å²) in [6.45, 7) is 1.66. The van der Waals surface area contributed by atoms with Gasteiger partial charge in [0.05, 0.1) is 28.8 Å². The molecule has 11 heteroatoms. The molecule has 0 saturated heterocycles. The van der Waals surface area contributed by atoms with Crippen molar-refractivity contribution in [2.24, 2.45) is 0 Å². The Morgan fingerprint density at radius 3 is 2.58 bits per heavy atom. The second-order valence-electron chi connectivity index (χ2n) is 7.55. The fraction of sp³-hybridized carbons (Fsp3) is 0.0800. The Balaban J connectivity index is 1.76. The molecule has 2 aromatic carbocycles. The first-order valence-electron chi connectivity index (χ1n) is 10.4. The van der Waals surface area contributed by atoms with E-state index in [2.05, 4.69) is 31.3 Å². The zero-order chi connectivity index (χ0) is 25.9. The zero-order valence-corrected chi connectivity index (χ0v) is 19.9. The van der Waals surface area contributed by atoms with Gasteiger partial charge in [0.2, 0.25) is 0 Å². The Kier molecular flexibility index (Phi) is 6.62. The van der Waals surface area contributed by atoms with Gasteiger partial charge < -0.3 is 4.74 Å². The summed E-state index contributed by atoms with van der Waals surface area (Å²) in [5.74, 6) is 4.94. The van der Waals surface area contributed by atoms with E-state index in [4.69, 9.17) is 0 Å². The van der Waals surface area contributed by atoms with Gasteiger partial charge in [0, 0.05) is 35.5 Å². The van der Waals surface area contributed by atoms with Crippen LogP contribution in [0.25, 0.3) is 10.9 Å². The maximum atomic E-state index is 13.4. The lowest BCUT2D eigenvalue weighted by Gasteiger charge is -2.13. The number of sulfonamides is 1. The molecule has 10 nitrogen and oxygen atoms in total. The summed E-state index contributed by atoms with van der Waals surface area (Å²) in [6.07, 6.45) is 2.84. The van der Waals surface area contributed by atoms with Crippen LogP contribution in [0.15, 0.2) is 71.9 Å². The smallest absolute Gasteiger partial charge is 0.356 e. The maximum absolute atomic E-state index is 13.4. The van der Waals surface area contributed by atoms with Crippen LogP contribution in [-0.2, 0) is 14.8 Å². The molecule has 0 fully saturated rings. The van der Waals surface area contributed by atoms with Crippen LogP contribution in [0.4, 0.5) is 11.4 Å². The van der Waals surface area contributed by atoms with Crippen molar-refractivity contribution in [1.29, 1.82) is 0 Å². The molecule has 0 radical (unpaired) electrons. The molecular weight excluding hydrogens is 484 g/mol.